The van der Waals surface area contributed by atoms with Gasteiger partial charge in [-0.3, -0.25) is 0 Å². The minimum Gasteiger partial charge on any atom is -0.0776 e. The summed E-state index contributed by atoms with van der Waals surface area (Å²) in [5.41, 5.74) is 2.94. The lowest BCUT2D eigenvalue weighted by Gasteiger charge is -2.21. The van der Waals surface area contributed by atoms with E-state index in [1.54, 1.807) is 5.56 Å². The quantitative estimate of drug-likeness (QED) is 0.533. The van der Waals surface area contributed by atoms with Gasteiger partial charge in [-0.2, -0.15) is 0 Å². The highest BCUT2D eigenvalue weighted by molar-refractivity contribution is 5.24. The third-order valence-electron chi connectivity index (χ3n) is 3.15. The summed E-state index contributed by atoms with van der Waals surface area (Å²) >= 11 is 0. The molecule has 0 amide bonds. The molecule has 0 bridgehead atoms. The number of hydrogen-bond donors (Lipinski definition) is 0. The molecule has 0 unspecified atom stereocenters. The number of aryl methyl sites for hydroxylation is 1. The number of hydrogen-bond acceptors (Lipinski definition) is 0. The van der Waals surface area contributed by atoms with Crippen molar-refractivity contribution in [3.8, 4) is 0 Å². The smallest absolute Gasteiger partial charge is 0.0162 e. The molecular formula is C17H32. The fourth-order valence-electron chi connectivity index (χ4n) is 2.27. The lowest BCUT2D eigenvalue weighted by atomic mass is 9.84. The number of rotatable bonds is 1. The van der Waals surface area contributed by atoms with Crippen LogP contribution in [0.3, 0.4) is 0 Å². The molecule has 0 heterocycles. The molecule has 0 radical (unpaired) electrons. The minimum absolute atomic E-state index is 0. The molecular weight excluding hydrogens is 204 g/mol. The van der Waals surface area contributed by atoms with Crippen LogP contribution < -0.4 is 0 Å². The van der Waals surface area contributed by atoms with Crippen LogP contribution in [0.4, 0.5) is 0 Å². The maximum Gasteiger partial charge on any atom is -0.0162 e. The highest BCUT2D eigenvalue weighted by Gasteiger charge is 2.14. The molecule has 0 aromatic heterocycles. The first kappa shape index (κ1) is 18.6. The van der Waals surface area contributed by atoms with Gasteiger partial charge in [-0.25, -0.2) is 0 Å². The molecule has 1 aromatic carbocycles. The maximum absolute atomic E-state index is 2.31. The number of benzene rings is 1. The fourth-order valence-corrected chi connectivity index (χ4v) is 2.27. The van der Waals surface area contributed by atoms with Crippen molar-refractivity contribution in [2.45, 2.75) is 73.6 Å². The van der Waals surface area contributed by atoms with Gasteiger partial charge >= 0.3 is 0 Å². The molecule has 1 aromatic rings. The Morgan fingerprint density at radius 1 is 0.824 bits per heavy atom. The van der Waals surface area contributed by atoms with E-state index in [0.717, 1.165) is 5.92 Å². The van der Waals surface area contributed by atoms with Gasteiger partial charge in [0.1, 0.15) is 0 Å². The Kier molecular flexibility index (Phi) is 11.3. The Morgan fingerprint density at radius 2 is 1.29 bits per heavy atom. The second-order valence-electron chi connectivity index (χ2n) is 4.25. The molecule has 17 heavy (non-hydrogen) atoms. The van der Waals surface area contributed by atoms with Crippen LogP contribution >= 0.6 is 0 Å². The lowest BCUT2D eigenvalue weighted by molar-refractivity contribution is 0.443. The second kappa shape index (κ2) is 10.4. The Bertz CT molecular complexity index is 252. The molecule has 100 valence electrons. The van der Waals surface area contributed by atoms with Crippen molar-refractivity contribution >= 4 is 0 Å². The van der Waals surface area contributed by atoms with Crippen LogP contribution in [0.2, 0.25) is 0 Å². The highest BCUT2D eigenvalue weighted by Crippen LogP contribution is 2.32. The van der Waals surface area contributed by atoms with E-state index >= 15 is 0 Å². The van der Waals surface area contributed by atoms with Gasteiger partial charge < -0.3 is 0 Å². The molecule has 0 saturated heterocycles. The van der Waals surface area contributed by atoms with Crippen molar-refractivity contribution < 1.29 is 0 Å². The topological polar surface area (TPSA) is 0 Å². The Labute approximate surface area is 109 Å². The Hall–Kier alpha value is -0.780. The van der Waals surface area contributed by atoms with Crippen LogP contribution in [0.5, 0.6) is 0 Å². The SMILES string of the molecule is C.C.CC.Cc1ccc(C2CCCCC2)cc1. The van der Waals surface area contributed by atoms with Crippen molar-refractivity contribution in [1.82, 2.24) is 0 Å². The average molecular weight is 236 g/mol. The van der Waals surface area contributed by atoms with Gasteiger partial charge in [-0.05, 0) is 31.2 Å². The molecule has 2 rings (SSSR count). The third kappa shape index (κ3) is 5.91. The third-order valence-corrected chi connectivity index (χ3v) is 3.15. The van der Waals surface area contributed by atoms with Crippen molar-refractivity contribution in [3.05, 3.63) is 35.4 Å². The first-order chi connectivity index (χ1) is 7.36. The van der Waals surface area contributed by atoms with E-state index in [-0.39, 0.29) is 14.9 Å². The summed E-state index contributed by atoms with van der Waals surface area (Å²) in [5, 5.41) is 0. The predicted molar refractivity (Wildman–Crippen MR) is 81.8 cm³/mol. The van der Waals surface area contributed by atoms with Crippen LogP contribution in [0, 0.1) is 6.92 Å². The Balaban J connectivity index is 0. The van der Waals surface area contributed by atoms with Crippen LogP contribution in [0.15, 0.2) is 24.3 Å². The van der Waals surface area contributed by atoms with Crippen molar-refractivity contribution in [2.24, 2.45) is 0 Å². The van der Waals surface area contributed by atoms with Gasteiger partial charge in [0, 0.05) is 0 Å². The summed E-state index contributed by atoms with van der Waals surface area (Å²) in [7, 11) is 0. The van der Waals surface area contributed by atoms with E-state index in [9.17, 15) is 0 Å². The maximum atomic E-state index is 2.31. The summed E-state index contributed by atoms with van der Waals surface area (Å²) < 4.78 is 0. The monoisotopic (exact) mass is 236 g/mol. The molecule has 0 spiro atoms. The van der Waals surface area contributed by atoms with Crippen LogP contribution in [-0.2, 0) is 0 Å². The normalized spacial score (nSPS) is 14.8. The zero-order valence-electron chi connectivity index (χ0n) is 10.4. The molecule has 1 fully saturated rings. The van der Waals surface area contributed by atoms with Gasteiger partial charge in [-0.1, -0.05) is 77.8 Å². The highest BCUT2D eigenvalue weighted by atomic mass is 14.2. The van der Waals surface area contributed by atoms with E-state index in [0.29, 0.717) is 0 Å². The van der Waals surface area contributed by atoms with Gasteiger partial charge in [0.15, 0.2) is 0 Å². The molecule has 1 aliphatic rings. The van der Waals surface area contributed by atoms with E-state index in [1.807, 2.05) is 13.8 Å². The molecule has 1 saturated carbocycles. The predicted octanol–water partition coefficient (Wildman–Crippen LogP) is 6.34. The van der Waals surface area contributed by atoms with E-state index in [2.05, 4.69) is 31.2 Å². The zero-order chi connectivity index (χ0) is 11.1. The molecule has 1 aliphatic carbocycles. The lowest BCUT2D eigenvalue weighted by Crippen LogP contribution is -2.04. The standard InChI is InChI=1S/C13H18.C2H6.2CH4/c1-11-7-9-13(10-8-11)12-5-3-2-4-6-12;1-2;;/h7-10,12H,2-6H2,1H3;1-2H3;2*1H4. The van der Waals surface area contributed by atoms with Gasteiger partial charge in [0.05, 0.1) is 0 Å². The summed E-state index contributed by atoms with van der Waals surface area (Å²) in [6.45, 7) is 6.16. The molecule has 0 atom stereocenters. The van der Waals surface area contributed by atoms with Crippen molar-refractivity contribution in [2.75, 3.05) is 0 Å². The largest absolute Gasteiger partial charge is 0.0776 e. The van der Waals surface area contributed by atoms with Gasteiger partial charge in [0.25, 0.3) is 0 Å². The summed E-state index contributed by atoms with van der Waals surface area (Å²) in [6.07, 6.45) is 7.12. The molecule has 0 aliphatic heterocycles. The molecule has 0 nitrogen and oxygen atoms in total. The van der Waals surface area contributed by atoms with E-state index in [4.69, 9.17) is 0 Å². The van der Waals surface area contributed by atoms with Crippen molar-refractivity contribution in [3.63, 3.8) is 0 Å². The molecule has 0 N–H and O–H groups in total. The summed E-state index contributed by atoms with van der Waals surface area (Å²) in [6, 6.07) is 9.10. The van der Waals surface area contributed by atoms with Gasteiger partial charge in [-0.15, -0.1) is 0 Å². The van der Waals surface area contributed by atoms with Gasteiger partial charge in [0.2, 0.25) is 0 Å². The second-order valence-corrected chi connectivity index (χ2v) is 4.25. The first-order valence-electron chi connectivity index (χ1n) is 6.43. The minimum atomic E-state index is 0. The van der Waals surface area contributed by atoms with Crippen molar-refractivity contribution in [1.29, 1.82) is 0 Å². The molecule has 0 heteroatoms. The average Bonchev–Trinajstić information content (AvgIpc) is 2.34. The fraction of sp³-hybridized carbons (Fsp3) is 0.647. The summed E-state index contributed by atoms with van der Waals surface area (Å²) in [4.78, 5) is 0. The van der Waals surface area contributed by atoms with Crippen LogP contribution in [0.25, 0.3) is 0 Å². The van der Waals surface area contributed by atoms with E-state index in [1.165, 1.54) is 37.7 Å². The van der Waals surface area contributed by atoms with Crippen LogP contribution in [0.1, 0.15) is 77.8 Å². The Morgan fingerprint density at radius 3 is 1.76 bits per heavy atom. The van der Waals surface area contributed by atoms with Crippen LogP contribution in [-0.4, -0.2) is 0 Å². The first-order valence-corrected chi connectivity index (χ1v) is 6.43. The van der Waals surface area contributed by atoms with E-state index < -0.39 is 0 Å². The summed E-state index contributed by atoms with van der Waals surface area (Å²) in [5.74, 6) is 0.856. The zero-order valence-corrected chi connectivity index (χ0v) is 10.4.